The predicted octanol–water partition coefficient (Wildman–Crippen LogP) is 2.33. The molecule has 0 radical (unpaired) electrons. The van der Waals surface area contributed by atoms with E-state index < -0.39 is 22.0 Å². The summed E-state index contributed by atoms with van der Waals surface area (Å²) in [5, 5.41) is 8.11. The first-order valence-corrected chi connectivity index (χ1v) is 7.65. The molecule has 0 saturated heterocycles. The molecule has 0 amide bonds. The largest absolute Gasteiger partial charge is 0.480 e. The zero-order chi connectivity index (χ0) is 13.1. The van der Waals surface area contributed by atoms with Gasteiger partial charge in [0, 0.05) is 16.6 Å². The van der Waals surface area contributed by atoms with Gasteiger partial charge < -0.3 is 5.11 Å². The van der Waals surface area contributed by atoms with E-state index in [-0.39, 0.29) is 5.92 Å². The van der Waals surface area contributed by atoms with E-state index in [4.69, 9.17) is 5.11 Å². The Morgan fingerprint density at radius 2 is 2.22 bits per heavy atom. The Balaban J connectivity index is 2.12. The number of carbonyl (C=O) groups is 1. The minimum atomic E-state index is -1.30. The molecule has 18 heavy (non-hydrogen) atoms. The Bertz CT molecular complexity index is 470. The summed E-state index contributed by atoms with van der Waals surface area (Å²) in [6.07, 6.45) is 3.18. The molecule has 3 unspecified atom stereocenters. The van der Waals surface area contributed by atoms with E-state index in [1.165, 1.54) is 18.1 Å². The fourth-order valence-electron chi connectivity index (χ4n) is 2.48. The number of carboxylic acids is 1. The monoisotopic (exact) mass is 266 g/mol. The molecular weight excluding hydrogens is 248 g/mol. The topological polar surface area (TPSA) is 54.4 Å². The van der Waals surface area contributed by atoms with Gasteiger partial charge in [-0.1, -0.05) is 24.3 Å². The van der Waals surface area contributed by atoms with Gasteiger partial charge in [0.2, 0.25) is 0 Å². The van der Waals surface area contributed by atoms with Crippen LogP contribution in [0.25, 0.3) is 0 Å². The smallest absolute Gasteiger partial charge is 0.318 e. The molecule has 4 heteroatoms. The molecule has 0 saturated carbocycles. The molecule has 0 heterocycles. The zero-order valence-electron chi connectivity index (χ0n) is 10.5. The molecule has 1 aliphatic rings. The second-order valence-corrected chi connectivity index (χ2v) is 6.62. The second kappa shape index (κ2) is 5.65. The molecule has 98 valence electrons. The van der Waals surface area contributed by atoms with E-state index in [0.717, 1.165) is 19.3 Å². The van der Waals surface area contributed by atoms with Crippen LogP contribution in [-0.2, 0) is 22.0 Å². The number of carboxylic acid groups (broad SMARTS) is 1. The summed E-state index contributed by atoms with van der Waals surface area (Å²) in [6.45, 7) is 1.52. The number of hydrogen-bond donors (Lipinski definition) is 1. The molecular formula is C14H18O3S. The molecule has 1 aromatic carbocycles. The molecule has 3 atom stereocenters. The highest BCUT2D eigenvalue weighted by molar-refractivity contribution is 7.86. The molecule has 1 aliphatic carbocycles. The summed E-state index contributed by atoms with van der Waals surface area (Å²) in [5.41, 5.74) is 2.59. The van der Waals surface area contributed by atoms with Crippen molar-refractivity contribution < 1.29 is 14.1 Å². The average Bonchev–Trinajstić information content (AvgIpc) is 2.38. The summed E-state index contributed by atoms with van der Waals surface area (Å²) >= 11 is 0. The Morgan fingerprint density at radius 3 is 2.94 bits per heavy atom. The number of aliphatic carboxylic acids is 1. The lowest BCUT2D eigenvalue weighted by Crippen LogP contribution is -2.27. The molecule has 1 N–H and O–H groups in total. The predicted molar refractivity (Wildman–Crippen MR) is 72.2 cm³/mol. The van der Waals surface area contributed by atoms with Crippen molar-refractivity contribution in [2.45, 2.75) is 37.4 Å². The molecule has 0 fully saturated rings. The second-order valence-electron chi connectivity index (χ2n) is 4.82. The van der Waals surface area contributed by atoms with Crippen molar-refractivity contribution in [3.63, 3.8) is 0 Å². The molecule has 0 aromatic heterocycles. The summed E-state index contributed by atoms with van der Waals surface area (Å²) in [5.74, 6) is -0.264. The maximum Gasteiger partial charge on any atom is 0.318 e. The Morgan fingerprint density at radius 1 is 1.50 bits per heavy atom. The van der Waals surface area contributed by atoms with Crippen LogP contribution < -0.4 is 0 Å². The Hall–Kier alpha value is -1.16. The molecule has 2 rings (SSSR count). The van der Waals surface area contributed by atoms with E-state index >= 15 is 0 Å². The van der Waals surface area contributed by atoms with Gasteiger partial charge >= 0.3 is 5.97 Å². The highest BCUT2D eigenvalue weighted by Gasteiger charge is 2.26. The summed E-state index contributed by atoms with van der Waals surface area (Å²) in [6, 6.07) is 8.23. The summed E-state index contributed by atoms with van der Waals surface area (Å²) in [4.78, 5) is 10.8. The first-order chi connectivity index (χ1) is 8.59. The summed E-state index contributed by atoms with van der Waals surface area (Å²) in [7, 11) is -1.30. The zero-order valence-corrected chi connectivity index (χ0v) is 11.3. The Kier molecular flexibility index (Phi) is 4.17. The van der Waals surface area contributed by atoms with Crippen LogP contribution in [0, 0.1) is 0 Å². The van der Waals surface area contributed by atoms with E-state index in [1.807, 2.05) is 12.1 Å². The molecule has 3 nitrogen and oxygen atoms in total. The van der Waals surface area contributed by atoms with Gasteiger partial charge in [0.1, 0.15) is 5.25 Å². The first-order valence-electron chi connectivity index (χ1n) is 6.27. The lowest BCUT2D eigenvalue weighted by Gasteiger charge is -2.25. The van der Waals surface area contributed by atoms with Gasteiger partial charge in [-0.3, -0.25) is 9.00 Å². The van der Waals surface area contributed by atoms with Crippen molar-refractivity contribution in [1.29, 1.82) is 0 Å². The highest BCUT2D eigenvalue weighted by Crippen LogP contribution is 2.32. The number of rotatable bonds is 4. The van der Waals surface area contributed by atoms with Gasteiger partial charge in [0.15, 0.2) is 0 Å². The van der Waals surface area contributed by atoms with Crippen molar-refractivity contribution in [3.8, 4) is 0 Å². The first kappa shape index (κ1) is 13.3. The lowest BCUT2D eigenvalue weighted by atomic mass is 9.84. The molecule has 0 aliphatic heterocycles. The molecule has 1 aromatic rings. The normalized spacial score (nSPS) is 21.9. The van der Waals surface area contributed by atoms with Crippen LogP contribution in [0.15, 0.2) is 24.3 Å². The van der Waals surface area contributed by atoms with Gasteiger partial charge in [-0.05, 0) is 43.2 Å². The standard InChI is InChI=1S/C14H18O3S/c1-10(14(15)16)18(17)9-12-7-4-6-11-5-2-3-8-13(11)12/h2-3,5,8,10,12H,4,6-7,9H2,1H3,(H,15,16). The van der Waals surface area contributed by atoms with Crippen molar-refractivity contribution in [1.82, 2.24) is 0 Å². The quantitative estimate of drug-likeness (QED) is 0.910. The number of aryl methyl sites for hydroxylation is 1. The van der Waals surface area contributed by atoms with Crippen LogP contribution in [0.5, 0.6) is 0 Å². The SMILES string of the molecule is CC(C(=O)O)S(=O)CC1CCCc2ccccc21. The third kappa shape index (κ3) is 2.80. The third-order valence-electron chi connectivity index (χ3n) is 3.60. The van der Waals surface area contributed by atoms with Crippen LogP contribution in [-0.4, -0.2) is 26.3 Å². The van der Waals surface area contributed by atoms with Gasteiger partial charge in [-0.15, -0.1) is 0 Å². The summed E-state index contributed by atoms with van der Waals surface area (Å²) < 4.78 is 12.0. The van der Waals surface area contributed by atoms with E-state index in [9.17, 15) is 9.00 Å². The fourth-order valence-corrected chi connectivity index (χ4v) is 3.74. The molecule has 0 bridgehead atoms. The fraction of sp³-hybridized carbons (Fsp3) is 0.500. The number of hydrogen-bond acceptors (Lipinski definition) is 2. The van der Waals surface area contributed by atoms with E-state index in [0.29, 0.717) is 5.75 Å². The van der Waals surface area contributed by atoms with Gasteiger partial charge in [-0.2, -0.15) is 0 Å². The molecule has 0 spiro atoms. The highest BCUT2D eigenvalue weighted by atomic mass is 32.2. The van der Waals surface area contributed by atoms with Crippen LogP contribution >= 0.6 is 0 Å². The van der Waals surface area contributed by atoms with Gasteiger partial charge in [0.05, 0.1) is 0 Å². The average molecular weight is 266 g/mol. The number of benzene rings is 1. The number of fused-ring (bicyclic) bond motifs is 1. The maximum atomic E-state index is 12.0. The van der Waals surface area contributed by atoms with E-state index in [1.54, 1.807) is 0 Å². The maximum absolute atomic E-state index is 12.0. The van der Waals surface area contributed by atoms with Crippen LogP contribution in [0.3, 0.4) is 0 Å². The van der Waals surface area contributed by atoms with Crippen molar-refractivity contribution in [3.05, 3.63) is 35.4 Å². The Labute approximate surface area is 110 Å². The lowest BCUT2D eigenvalue weighted by molar-refractivity contribution is -0.136. The van der Waals surface area contributed by atoms with Gasteiger partial charge in [-0.25, -0.2) is 0 Å². The van der Waals surface area contributed by atoms with Crippen molar-refractivity contribution in [2.75, 3.05) is 5.75 Å². The van der Waals surface area contributed by atoms with Crippen LogP contribution in [0.4, 0.5) is 0 Å². The van der Waals surface area contributed by atoms with Crippen molar-refractivity contribution in [2.24, 2.45) is 0 Å². The van der Waals surface area contributed by atoms with Crippen molar-refractivity contribution >= 4 is 16.8 Å². The van der Waals surface area contributed by atoms with Crippen LogP contribution in [0.2, 0.25) is 0 Å². The van der Waals surface area contributed by atoms with E-state index in [2.05, 4.69) is 12.1 Å². The minimum Gasteiger partial charge on any atom is -0.480 e. The van der Waals surface area contributed by atoms with Gasteiger partial charge in [0.25, 0.3) is 0 Å². The minimum absolute atomic E-state index is 0.248. The van der Waals surface area contributed by atoms with Crippen LogP contribution in [0.1, 0.15) is 36.8 Å². The third-order valence-corrected chi connectivity index (χ3v) is 5.32.